The van der Waals surface area contributed by atoms with Crippen molar-refractivity contribution < 1.29 is 4.79 Å². The van der Waals surface area contributed by atoms with Crippen molar-refractivity contribution in [2.45, 2.75) is 31.8 Å². The van der Waals surface area contributed by atoms with E-state index in [4.69, 9.17) is 5.10 Å². The van der Waals surface area contributed by atoms with E-state index in [2.05, 4.69) is 37.4 Å². The molecule has 6 heteroatoms. The number of benzene rings is 1. The minimum Gasteiger partial charge on any atom is -0.310 e. The van der Waals surface area contributed by atoms with Crippen LogP contribution in [0.5, 0.6) is 0 Å². The summed E-state index contributed by atoms with van der Waals surface area (Å²) >= 11 is 3.45. The molecule has 4 nitrogen and oxygen atoms in total. The first-order valence-electron chi connectivity index (χ1n) is 8.19. The number of fused-ring (bicyclic) bond motifs is 1. The van der Waals surface area contributed by atoms with Crippen molar-refractivity contribution in [3.63, 3.8) is 0 Å². The second-order valence-electron chi connectivity index (χ2n) is 6.33. The third-order valence-electron chi connectivity index (χ3n) is 4.18. The maximum atomic E-state index is 12.5. The minimum absolute atomic E-state index is 0.00711. The van der Waals surface area contributed by atoms with Crippen molar-refractivity contribution in [1.82, 2.24) is 9.78 Å². The van der Waals surface area contributed by atoms with E-state index in [-0.39, 0.29) is 5.91 Å². The molecule has 0 saturated heterocycles. The van der Waals surface area contributed by atoms with Gasteiger partial charge in [-0.2, -0.15) is 16.9 Å². The lowest BCUT2D eigenvalue weighted by Gasteiger charge is -2.12. The van der Waals surface area contributed by atoms with E-state index in [0.29, 0.717) is 6.42 Å². The maximum absolute atomic E-state index is 12.5. The highest BCUT2D eigenvalue weighted by molar-refractivity contribution is 7.98. The first kappa shape index (κ1) is 16.4. The molecule has 1 aliphatic heterocycles. The van der Waals surface area contributed by atoms with E-state index in [9.17, 15) is 4.79 Å². The fraction of sp³-hybridized carbons (Fsp3) is 0.263. The smallest absolute Gasteiger partial charge is 0.230 e. The zero-order chi connectivity index (χ0) is 17.4. The van der Waals surface area contributed by atoms with Gasteiger partial charge in [-0.15, -0.1) is 11.3 Å². The van der Waals surface area contributed by atoms with Gasteiger partial charge in [0.25, 0.3) is 0 Å². The summed E-state index contributed by atoms with van der Waals surface area (Å²) < 4.78 is 1.90. The third kappa shape index (κ3) is 3.37. The Morgan fingerprint density at radius 2 is 2.04 bits per heavy atom. The van der Waals surface area contributed by atoms with Gasteiger partial charge in [0.05, 0.1) is 17.8 Å². The predicted molar refractivity (Wildman–Crippen MR) is 105 cm³/mol. The Balaban J connectivity index is 1.69. The molecule has 0 saturated carbocycles. The fourth-order valence-electron chi connectivity index (χ4n) is 3.15. The molecule has 0 aliphatic carbocycles. The molecule has 1 amide bonds. The highest BCUT2D eigenvalue weighted by atomic mass is 32.2. The molecule has 0 bridgehead atoms. The SMILES string of the molecule is Cc1cc(C)cc(-n2nc3c(c2NC(=O)Cc2cccs2)CSC3)c1. The minimum atomic E-state index is 0.00711. The van der Waals surface area contributed by atoms with Gasteiger partial charge in [-0.1, -0.05) is 12.1 Å². The van der Waals surface area contributed by atoms with Crippen molar-refractivity contribution in [3.05, 3.63) is 63.0 Å². The molecule has 128 valence electrons. The van der Waals surface area contributed by atoms with Gasteiger partial charge in [-0.25, -0.2) is 4.68 Å². The van der Waals surface area contributed by atoms with Crippen molar-refractivity contribution in [2.75, 3.05) is 5.32 Å². The number of hydrogen-bond acceptors (Lipinski definition) is 4. The van der Waals surface area contributed by atoms with Gasteiger partial charge in [-0.05, 0) is 48.6 Å². The van der Waals surface area contributed by atoms with Crippen LogP contribution in [0.3, 0.4) is 0 Å². The summed E-state index contributed by atoms with van der Waals surface area (Å²) in [5.74, 6) is 2.63. The molecule has 2 aromatic heterocycles. The van der Waals surface area contributed by atoms with Crippen molar-refractivity contribution in [1.29, 1.82) is 0 Å². The van der Waals surface area contributed by atoms with E-state index in [0.717, 1.165) is 39.1 Å². The number of thioether (sulfide) groups is 1. The van der Waals surface area contributed by atoms with Crippen LogP contribution in [0.4, 0.5) is 5.82 Å². The molecule has 3 heterocycles. The summed E-state index contributed by atoms with van der Waals surface area (Å²) in [5.41, 5.74) is 5.62. The Kier molecular flexibility index (Phi) is 4.39. The first-order valence-corrected chi connectivity index (χ1v) is 10.2. The molecule has 0 spiro atoms. The standard InChI is InChI=1S/C19H19N3OS2/c1-12-6-13(2)8-14(7-12)22-19(16-10-24-11-17(16)21-22)20-18(23)9-15-4-3-5-25-15/h3-8H,9-11H2,1-2H3,(H,20,23). The number of nitrogens with one attached hydrogen (secondary N) is 1. The first-order chi connectivity index (χ1) is 12.1. The number of carbonyl (C=O) groups excluding carboxylic acids is 1. The van der Waals surface area contributed by atoms with Crippen LogP contribution in [0, 0.1) is 13.8 Å². The second-order valence-corrected chi connectivity index (χ2v) is 8.35. The Hall–Kier alpha value is -2.05. The highest BCUT2D eigenvalue weighted by Gasteiger charge is 2.25. The van der Waals surface area contributed by atoms with Crippen molar-refractivity contribution in [3.8, 4) is 5.69 Å². The molecule has 1 aliphatic rings. The molecule has 3 aromatic rings. The van der Waals surface area contributed by atoms with Crippen molar-refractivity contribution in [2.24, 2.45) is 0 Å². The summed E-state index contributed by atoms with van der Waals surface area (Å²) in [6, 6.07) is 10.3. The van der Waals surface area contributed by atoms with Gasteiger partial charge in [0.15, 0.2) is 0 Å². The highest BCUT2D eigenvalue weighted by Crippen LogP contribution is 2.36. The summed E-state index contributed by atoms with van der Waals surface area (Å²) in [6.07, 6.45) is 0.400. The largest absolute Gasteiger partial charge is 0.310 e. The van der Waals surface area contributed by atoms with Crippen LogP contribution in [-0.2, 0) is 22.7 Å². The average Bonchev–Trinajstić information content (AvgIpc) is 3.25. The molecular weight excluding hydrogens is 350 g/mol. The van der Waals surface area contributed by atoms with Crippen LogP contribution >= 0.6 is 23.1 Å². The molecule has 25 heavy (non-hydrogen) atoms. The van der Waals surface area contributed by atoms with Crippen LogP contribution in [0.25, 0.3) is 5.69 Å². The van der Waals surface area contributed by atoms with E-state index in [1.54, 1.807) is 11.3 Å². The fourth-order valence-corrected chi connectivity index (χ4v) is 4.89. The number of amides is 1. The number of anilines is 1. The number of rotatable bonds is 4. The molecular formula is C19H19N3OS2. The van der Waals surface area contributed by atoms with Gasteiger partial charge < -0.3 is 5.32 Å². The number of aryl methyl sites for hydroxylation is 2. The Morgan fingerprint density at radius 1 is 1.24 bits per heavy atom. The number of aromatic nitrogens is 2. The zero-order valence-corrected chi connectivity index (χ0v) is 15.8. The number of nitrogens with zero attached hydrogens (tertiary/aromatic N) is 2. The lowest BCUT2D eigenvalue weighted by atomic mass is 10.1. The number of hydrogen-bond donors (Lipinski definition) is 1. The second kappa shape index (κ2) is 6.69. The molecule has 4 rings (SSSR count). The normalized spacial score (nSPS) is 13.0. The van der Waals surface area contributed by atoms with Crippen LogP contribution in [0.1, 0.15) is 27.3 Å². The molecule has 0 fully saturated rings. The quantitative estimate of drug-likeness (QED) is 0.738. The van der Waals surface area contributed by atoms with Gasteiger partial charge >= 0.3 is 0 Å². The van der Waals surface area contributed by atoms with Gasteiger partial charge in [0.1, 0.15) is 5.82 Å². The summed E-state index contributed by atoms with van der Waals surface area (Å²) in [6.45, 7) is 4.16. The summed E-state index contributed by atoms with van der Waals surface area (Å²) in [5, 5.41) is 9.90. The van der Waals surface area contributed by atoms with Gasteiger partial charge in [0.2, 0.25) is 5.91 Å². The monoisotopic (exact) mass is 369 g/mol. The maximum Gasteiger partial charge on any atom is 0.230 e. The molecule has 1 N–H and O–H groups in total. The van der Waals surface area contributed by atoms with Crippen LogP contribution < -0.4 is 5.32 Å². The van der Waals surface area contributed by atoms with Crippen molar-refractivity contribution >= 4 is 34.8 Å². The average molecular weight is 370 g/mol. The van der Waals surface area contributed by atoms with E-state index < -0.39 is 0 Å². The van der Waals surface area contributed by atoms with E-state index >= 15 is 0 Å². The van der Waals surface area contributed by atoms with Crippen LogP contribution in [-0.4, -0.2) is 15.7 Å². The Bertz CT molecular complexity index is 908. The Labute approximate surface area is 155 Å². The molecule has 0 radical (unpaired) electrons. The van der Waals surface area contributed by atoms with Gasteiger partial charge in [-0.3, -0.25) is 4.79 Å². The predicted octanol–water partition coefficient (Wildman–Crippen LogP) is 4.48. The van der Waals surface area contributed by atoms with Gasteiger partial charge in [0, 0.05) is 21.9 Å². The Morgan fingerprint density at radius 3 is 2.76 bits per heavy atom. The lowest BCUT2D eigenvalue weighted by molar-refractivity contribution is -0.115. The van der Waals surface area contributed by atoms with Crippen LogP contribution in [0.2, 0.25) is 0 Å². The lowest BCUT2D eigenvalue weighted by Crippen LogP contribution is -2.17. The van der Waals surface area contributed by atoms with E-state index in [1.165, 1.54) is 11.1 Å². The van der Waals surface area contributed by atoms with E-state index in [1.807, 2.05) is 34.0 Å². The molecule has 1 aromatic carbocycles. The summed E-state index contributed by atoms with van der Waals surface area (Å²) in [7, 11) is 0. The number of carbonyl (C=O) groups is 1. The topological polar surface area (TPSA) is 46.9 Å². The molecule has 0 atom stereocenters. The summed E-state index contributed by atoms with van der Waals surface area (Å²) in [4.78, 5) is 13.6. The molecule has 0 unspecified atom stereocenters. The van der Waals surface area contributed by atoms with Crippen LogP contribution in [0.15, 0.2) is 35.7 Å². The number of thiophene rings is 1. The zero-order valence-electron chi connectivity index (χ0n) is 14.2. The third-order valence-corrected chi connectivity index (χ3v) is 6.02.